The van der Waals surface area contributed by atoms with Crippen molar-refractivity contribution in [3.05, 3.63) is 102 Å². The Balaban J connectivity index is 1.27. The molecule has 0 unspecified atom stereocenters. The molecule has 0 saturated heterocycles. The van der Waals surface area contributed by atoms with Crippen LogP contribution in [0.25, 0.3) is 22.8 Å². The van der Waals surface area contributed by atoms with E-state index in [2.05, 4.69) is 78.8 Å². The third-order valence-electron chi connectivity index (χ3n) is 6.88. The molecule has 0 bridgehead atoms. The van der Waals surface area contributed by atoms with Gasteiger partial charge in [-0.1, -0.05) is 71.0 Å². The quantitative estimate of drug-likeness (QED) is 0.201. The van der Waals surface area contributed by atoms with Gasteiger partial charge in [0, 0.05) is 28.7 Å². The molecule has 0 aliphatic rings. The molecule has 0 saturated carbocycles. The molecule has 0 atom stereocenters. The van der Waals surface area contributed by atoms with E-state index in [9.17, 15) is 8.42 Å². The van der Waals surface area contributed by atoms with Crippen LogP contribution in [0.5, 0.6) is 0 Å². The molecule has 0 amide bonds. The van der Waals surface area contributed by atoms with Crippen molar-refractivity contribution in [3.63, 3.8) is 0 Å². The van der Waals surface area contributed by atoms with Crippen molar-refractivity contribution in [2.45, 2.75) is 57.3 Å². The van der Waals surface area contributed by atoms with Gasteiger partial charge in [-0.2, -0.15) is 4.98 Å². The standard InChI is InChI=1S/C33H35N5O3S/c1-32(2,3)24-9-15-26(16-10-24)35-29-21-23(19-20-34-29)30-36-31(41-37-30)22-7-13-27(14-8-22)38-42(39,40)28-17-11-25(12-18-28)33(4,5)6/h7-21,38H,1-6H3,(H,34,35). The van der Waals surface area contributed by atoms with Gasteiger partial charge in [-0.05, 0) is 82.6 Å². The Morgan fingerprint density at radius 1 is 0.690 bits per heavy atom. The van der Waals surface area contributed by atoms with E-state index < -0.39 is 10.0 Å². The highest BCUT2D eigenvalue weighted by molar-refractivity contribution is 7.92. The molecule has 2 N–H and O–H groups in total. The number of hydrogen-bond acceptors (Lipinski definition) is 7. The number of hydrogen-bond donors (Lipinski definition) is 2. The zero-order chi connectivity index (χ0) is 30.1. The number of nitrogens with one attached hydrogen (secondary N) is 2. The zero-order valence-electron chi connectivity index (χ0n) is 24.6. The van der Waals surface area contributed by atoms with Crippen molar-refractivity contribution in [2.24, 2.45) is 0 Å². The third-order valence-corrected chi connectivity index (χ3v) is 8.28. The number of nitrogens with zero attached hydrogens (tertiary/aromatic N) is 3. The number of sulfonamides is 1. The van der Waals surface area contributed by atoms with Crippen LogP contribution in [-0.2, 0) is 20.9 Å². The summed E-state index contributed by atoms with van der Waals surface area (Å²) < 4.78 is 34.0. The lowest BCUT2D eigenvalue weighted by Gasteiger charge is -2.19. The summed E-state index contributed by atoms with van der Waals surface area (Å²) in [5, 5.41) is 7.47. The first-order chi connectivity index (χ1) is 19.8. The van der Waals surface area contributed by atoms with E-state index in [0.717, 1.165) is 16.8 Å². The molecular weight excluding hydrogens is 546 g/mol. The number of anilines is 3. The molecule has 0 aliphatic carbocycles. The molecule has 2 heterocycles. The summed E-state index contributed by atoms with van der Waals surface area (Å²) in [5.41, 5.74) is 5.11. The first-order valence-corrected chi connectivity index (χ1v) is 15.2. The number of benzene rings is 3. The summed E-state index contributed by atoms with van der Waals surface area (Å²) in [5.74, 6) is 1.40. The predicted octanol–water partition coefficient (Wildman–Crippen LogP) is 7.94. The monoisotopic (exact) mass is 581 g/mol. The van der Waals surface area contributed by atoms with Crippen LogP contribution in [0.1, 0.15) is 52.7 Å². The zero-order valence-corrected chi connectivity index (χ0v) is 25.5. The van der Waals surface area contributed by atoms with Crippen LogP contribution in [0.3, 0.4) is 0 Å². The third kappa shape index (κ3) is 6.69. The van der Waals surface area contributed by atoms with Gasteiger partial charge >= 0.3 is 0 Å². The second kappa shape index (κ2) is 11.1. The maximum atomic E-state index is 12.9. The van der Waals surface area contributed by atoms with E-state index >= 15 is 0 Å². The van der Waals surface area contributed by atoms with E-state index in [1.807, 2.05) is 36.4 Å². The number of aromatic nitrogens is 3. The van der Waals surface area contributed by atoms with Crippen LogP contribution in [-0.4, -0.2) is 23.5 Å². The summed E-state index contributed by atoms with van der Waals surface area (Å²) in [7, 11) is -3.73. The van der Waals surface area contributed by atoms with Crippen molar-refractivity contribution in [1.82, 2.24) is 15.1 Å². The van der Waals surface area contributed by atoms with Gasteiger partial charge < -0.3 is 9.84 Å². The molecule has 0 spiro atoms. The SMILES string of the molecule is CC(C)(C)c1ccc(Nc2cc(-c3noc(-c4ccc(NS(=O)(=O)c5ccc(C(C)(C)C)cc5)cc4)n3)ccn2)cc1. The lowest BCUT2D eigenvalue weighted by molar-refractivity contribution is 0.432. The Kier molecular flexibility index (Phi) is 7.64. The lowest BCUT2D eigenvalue weighted by atomic mass is 9.87. The maximum absolute atomic E-state index is 12.9. The second-order valence-corrected chi connectivity index (χ2v) is 13.9. The summed E-state index contributed by atoms with van der Waals surface area (Å²) in [4.78, 5) is 9.17. The van der Waals surface area contributed by atoms with Gasteiger partial charge in [0.25, 0.3) is 15.9 Å². The van der Waals surface area contributed by atoms with Crippen molar-refractivity contribution >= 4 is 27.2 Å². The summed E-state index contributed by atoms with van der Waals surface area (Å²) >= 11 is 0. The van der Waals surface area contributed by atoms with E-state index in [1.54, 1.807) is 42.6 Å². The number of pyridine rings is 1. The predicted molar refractivity (Wildman–Crippen MR) is 167 cm³/mol. The smallest absolute Gasteiger partial charge is 0.261 e. The highest BCUT2D eigenvalue weighted by Crippen LogP contribution is 2.28. The van der Waals surface area contributed by atoms with Crippen molar-refractivity contribution < 1.29 is 12.9 Å². The highest BCUT2D eigenvalue weighted by Gasteiger charge is 2.19. The fourth-order valence-electron chi connectivity index (χ4n) is 4.33. The average molecular weight is 582 g/mol. The summed E-state index contributed by atoms with van der Waals surface area (Å²) in [6.07, 6.45) is 1.69. The molecule has 5 aromatic rings. The molecule has 0 radical (unpaired) electrons. The van der Waals surface area contributed by atoms with E-state index in [0.29, 0.717) is 28.8 Å². The molecule has 8 nitrogen and oxygen atoms in total. The Morgan fingerprint density at radius 2 is 1.26 bits per heavy atom. The average Bonchev–Trinajstić information content (AvgIpc) is 3.43. The lowest BCUT2D eigenvalue weighted by Crippen LogP contribution is -2.14. The Labute approximate surface area is 247 Å². The van der Waals surface area contributed by atoms with Crippen LogP contribution in [0.2, 0.25) is 0 Å². The minimum atomic E-state index is -3.73. The molecule has 5 rings (SSSR count). The largest absolute Gasteiger partial charge is 0.340 e. The van der Waals surface area contributed by atoms with Gasteiger partial charge in [-0.15, -0.1) is 0 Å². The van der Waals surface area contributed by atoms with Gasteiger partial charge in [0.15, 0.2) is 0 Å². The highest BCUT2D eigenvalue weighted by atomic mass is 32.2. The fraction of sp³-hybridized carbons (Fsp3) is 0.242. The molecule has 216 valence electrons. The number of rotatable bonds is 7. The van der Waals surface area contributed by atoms with Crippen molar-refractivity contribution in [3.8, 4) is 22.8 Å². The first-order valence-electron chi connectivity index (χ1n) is 13.7. The van der Waals surface area contributed by atoms with Crippen LogP contribution >= 0.6 is 0 Å². The molecule has 42 heavy (non-hydrogen) atoms. The molecule has 0 aliphatic heterocycles. The van der Waals surface area contributed by atoms with Crippen LogP contribution < -0.4 is 10.0 Å². The molecular formula is C33H35N5O3S. The Morgan fingerprint density at radius 3 is 1.86 bits per heavy atom. The minimum Gasteiger partial charge on any atom is -0.340 e. The van der Waals surface area contributed by atoms with Gasteiger partial charge in [-0.25, -0.2) is 13.4 Å². The van der Waals surface area contributed by atoms with Gasteiger partial charge in [0.2, 0.25) is 5.82 Å². The first kappa shape index (κ1) is 29.0. The topological polar surface area (TPSA) is 110 Å². The van der Waals surface area contributed by atoms with Crippen molar-refractivity contribution in [1.29, 1.82) is 0 Å². The van der Waals surface area contributed by atoms with Crippen LogP contribution in [0.15, 0.2) is 101 Å². The molecule has 3 aromatic carbocycles. The van der Waals surface area contributed by atoms with Gasteiger partial charge in [0.1, 0.15) is 5.82 Å². The van der Waals surface area contributed by atoms with Crippen LogP contribution in [0, 0.1) is 0 Å². The van der Waals surface area contributed by atoms with E-state index in [-0.39, 0.29) is 15.7 Å². The van der Waals surface area contributed by atoms with Crippen molar-refractivity contribution in [2.75, 3.05) is 10.0 Å². The second-order valence-electron chi connectivity index (χ2n) is 12.3. The van der Waals surface area contributed by atoms with E-state index in [4.69, 9.17) is 4.52 Å². The van der Waals surface area contributed by atoms with Crippen LogP contribution in [0.4, 0.5) is 17.2 Å². The Bertz CT molecular complexity index is 1780. The van der Waals surface area contributed by atoms with Gasteiger partial charge in [0.05, 0.1) is 4.90 Å². The normalized spacial score (nSPS) is 12.2. The van der Waals surface area contributed by atoms with E-state index in [1.165, 1.54) is 5.56 Å². The molecule has 0 fully saturated rings. The molecule has 9 heteroatoms. The minimum absolute atomic E-state index is 0.0599. The summed E-state index contributed by atoms with van der Waals surface area (Å²) in [6.45, 7) is 12.8. The maximum Gasteiger partial charge on any atom is 0.261 e. The summed E-state index contributed by atoms with van der Waals surface area (Å²) in [6, 6.07) is 25.7. The fourth-order valence-corrected chi connectivity index (χ4v) is 5.39. The van der Waals surface area contributed by atoms with Gasteiger partial charge in [-0.3, -0.25) is 4.72 Å². The molecule has 2 aromatic heterocycles. The Hall–Kier alpha value is -4.50.